The zero-order chi connectivity index (χ0) is 13.9. The number of hydrogen-bond donors (Lipinski definition) is 2. The molecule has 0 bridgehead atoms. The predicted octanol–water partition coefficient (Wildman–Crippen LogP) is 2.19. The van der Waals surface area contributed by atoms with Crippen molar-refractivity contribution in [1.82, 2.24) is 15.0 Å². The van der Waals surface area contributed by atoms with Crippen LogP contribution in [0.4, 0.5) is 0 Å². The van der Waals surface area contributed by atoms with Crippen LogP contribution in [0.1, 0.15) is 41.9 Å². The summed E-state index contributed by atoms with van der Waals surface area (Å²) in [6.07, 6.45) is 3.55. The molecule has 1 aromatic heterocycles. The van der Waals surface area contributed by atoms with Gasteiger partial charge in [0.1, 0.15) is 5.75 Å². The summed E-state index contributed by atoms with van der Waals surface area (Å²) < 4.78 is 9.87. The van der Waals surface area contributed by atoms with E-state index in [1.165, 1.54) is 11.5 Å². The molecule has 5 nitrogen and oxygen atoms in total. The van der Waals surface area contributed by atoms with Crippen molar-refractivity contribution in [1.29, 1.82) is 0 Å². The molecule has 1 aliphatic carbocycles. The molecular formula is C14H18N4OS. The summed E-state index contributed by atoms with van der Waals surface area (Å²) in [6, 6.07) is 7.98. The summed E-state index contributed by atoms with van der Waals surface area (Å²) in [7, 11) is 0. The molecule has 1 fully saturated rings. The van der Waals surface area contributed by atoms with Gasteiger partial charge in [0.25, 0.3) is 0 Å². The Morgan fingerprint density at radius 1 is 1.50 bits per heavy atom. The number of nitrogens with zero attached hydrogens (tertiary/aromatic N) is 2. The fraction of sp³-hybridized carbons (Fsp3) is 0.429. The second-order valence-corrected chi connectivity index (χ2v) is 5.71. The molecule has 2 aromatic rings. The number of hydrogen-bond acceptors (Lipinski definition) is 6. The third kappa shape index (κ3) is 2.82. The lowest BCUT2D eigenvalue weighted by molar-refractivity contribution is 0.302. The van der Waals surface area contributed by atoms with Gasteiger partial charge in [-0.2, -0.15) is 0 Å². The average Bonchev–Trinajstić information content (AvgIpc) is 3.16. The topological polar surface area (TPSA) is 73.1 Å². The molecule has 0 amide bonds. The van der Waals surface area contributed by atoms with E-state index in [2.05, 4.69) is 21.9 Å². The number of ether oxygens (including phenoxy) is 1. The Balaban J connectivity index is 1.88. The summed E-state index contributed by atoms with van der Waals surface area (Å²) in [4.78, 5) is 1.07. The fourth-order valence-electron chi connectivity index (χ4n) is 2.15. The van der Waals surface area contributed by atoms with Gasteiger partial charge in [-0.1, -0.05) is 23.5 Å². The molecule has 106 valence electrons. The lowest BCUT2D eigenvalue weighted by Crippen LogP contribution is -2.29. The number of aryl methyl sites for hydroxylation is 1. The second-order valence-electron chi connectivity index (χ2n) is 4.93. The molecule has 0 aliphatic heterocycles. The van der Waals surface area contributed by atoms with Gasteiger partial charge in [-0.25, -0.2) is 5.43 Å². The van der Waals surface area contributed by atoms with Crippen LogP contribution in [0.3, 0.4) is 0 Å². The minimum absolute atomic E-state index is 0.0901. The van der Waals surface area contributed by atoms with Crippen molar-refractivity contribution in [2.75, 3.05) is 0 Å². The normalized spacial score (nSPS) is 16.1. The highest BCUT2D eigenvalue weighted by Gasteiger charge is 2.24. The maximum Gasteiger partial charge on any atom is 0.120 e. The molecule has 1 heterocycles. The van der Waals surface area contributed by atoms with Crippen LogP contribution in [-0.4, -0.2) is 15.7 Å². The van der Waals surface area contributed by atoms with Crippen molar-refractivity contribution in [3.63, 3.8) is 0 Å². The van der Waals surface area contributed by atoms with Gasteiger partial charge in [0.05, 0.1) is 22.7 Å². The molecule has 0 radical (unpaired) electrons. The van der Waals surface area contributed by atoms with E-state index in [0.717, 1.165) is 41.1 Å². The van der Waals surface area contributed by atoms with Crippen LogP contribution in [0.5, 0.6) is 5.75 Å². The quantitative estimate of drug-likeness (QED) is 0.630. The van der Waals surface area contributed by atoms with E-state index < -0.39 is 0 Å². The summed E-state index contributed by atoms with van der Waals surface area (Å²) in [6.45, 7) is 2.07. The molecule has 20 heavy (non-hydrogen) atoms. The number of hydrazine groups is 1. The van der Waals surface area contributed by atoms with E-state index in [9.17, 15) is 0 Å². The highest BCUT2D eigenvalue weighted by atomic mass is 32.1. The molecule has 0 saturated heterocycles. The standard InChI is InChI=1S/C14H18N4OS/c1-2-12-14(20-18-17-12)13(16-15)9-4-3-5-11(8-9)19-10-6-7-10/h3-5,8,10,13,16H,2,6-7,15H2,1H3. The van der Waals surface area contributed by atoms with E-state index in [1.54, 1.807) is 0 Å². The van der Waals surface area contributed by atoms with Crippen molar-refractivity contribution in [3.8, 4) is 5.75 Å². The summed E-state index contributed by atoms with van der Waals surface area (Å²) in [5.41, 5.74) is 4.93. The molecule has 1 aromatic carbocycles. The van der Waals surface area contributed by atoms with Crippen molar-refractivity contribution >= 4 is 11.5 Å². The number of aromatic nitrogens is 2. The van der Waals surface area contributed by atoms with Crippen LogP contribution in [0.25, 0.3) is 0 Å². The number of benzene rings is 1. The van der Waals surface area contributed by atoms with Crippen LogP contribution in [-0.2, 0) is 6.42 Å². The van der Waals surface area contributed by atoms with Crippen molar-refractivity contribution in [2.24, 2.45) is 5.84 Å². The Bertz CT molecular complexity index is 582. The smallest absolute Gasteiger partial charge is 0.120 e. The first kappa shape index (κ1) is 13.5. The van der Waals surface area contributed by atoms with Gasteiger partial charge in [0.15, 0.2) is 0 Å². The van der Waals surface area contributed by atoms with E-state index in [4.69, 9.17) is 10.6 Å². The number of nitrogens with two attached hydrogens (primary N) is 1. The zero-order valence-electron chi connectivity index (χ0n) is 11.4. The minimum Gasteiger partial charge on any atom is -0.490 e. The molecule has 1 unspecified atom stereocenters. The van der Waals surface area contributed by atoms with Crippen LogP contribution in [0.2, 0.25) is 0 Å². The molecule has 1 saturated carbocycles. The Hall–Kier alpha value is -1.50. The van der Waals surface area contributed by atoms with Crippen molar-refractivity contribution in [2.45, 2.75) is 38.3 Å². The summed E-state index contributed by atoms with van der Waals surface area (Å²) in [5, 5.41) is 4.15. The molecular weight excluding hydrogens is 272 g/mol. The zero-order valence-corrected chi connectivity index (χ0v) is 12.2. The van der Waals surface area contributed by atoms with E-state index in [-0.39, 0.29) is 6.04 Å². The Kier molecular flexibility index (Phi) is 3.95. The molecule has 1 atom stereocenters. The molecule has 6 heteroatoms. The van der Waals surface area contributed by atoms with E-state index in [1.807, 2.05) is 24.3 Å². The van der Waals surface area contributed by atoms with Gasteiger partial charge >= 0.3 is 0 Å². The maximum atomic E-state index is 5.84. The molecule has 3 rings (SSSR count). The lowest BCUT2D eigenvalue weighted by Gasteiger charge is -2.16. The highest BCUT2D eigenvalue weighted by molar-refractivity contribution is 7.05. The van der Waals surface area contributed by atoms with E-state index in [0.29, 0.717) is 6.10 Å². The Labute approximate surface area is 122 Å². The Morgan fingerprint density at radius 3 is 3.05 bits per heavy atom. The summed E-state index contributed by atoms with van der Waals surface area (Å²) in [5.74, 6) is 6.65. The van der Waals surface area contributed by atoms with Gasteiger partial charge in [-0.15, -0.1) is 5.10 Å². The number of rotatable bonds is 6. The van der Waals surface area contributed by atoms with Gasteiger partial charge < -0.3 is 4.74 Å². The Morgan fingerprint density at radius 2 is 2.35 bits per heavy atom. The predicted molar refractivity (Wildman–Crippen MR) is 78.5 cm³/mol. The number of nitrogens with one attached hydrogen (secondary N) is 1. The fourth-order valence-corrected chi connectivity index (χ4v) is 2.98. The van der Waals surface area contributed by atoms with Crippen LogP contribution in [0.15, 0.2) is 24.3 Å². The third-order valence-corrected chi connectivity index (χ3v) is 4.20. The minimum atomic E-state index is -0.0901. The monoisotopic (exact) mass is 290 g/mol. The van der Waals surface area contributed by atoms with Crippen LogP contribution in [0, 0.1) is 0 Å². The molecule has 0 spiro atoms. The van der Waals surface area contributed by atoms with Crippen molar-refractivity contribution in [3.05, 3.63) is 40.4 Å². The van der Waals surface area contributed by atoms with Crippen LogP contribution >= 0.6 is 11.5 Å². The van der Waals surface area contributed by atoms with Gasteiger partial charge in [-0.3, -0.25) is 5.84 Å². The lowest BCUT2D eigenvalue weighted by atomic mass is 10.0. The van der Waals surface area contributed by atoms with Crippen LogP contribution < -0.4 is 16.0 Å². The first-order valence-corrected chi connectivity index (χ1v) is 7.63. The van der Waals surface area contributed by atoms with Crippen molar-refractivity contribution < 1.29 is 4.74 Å². The SMILES string of the molecule is CCc1nnsc1C(NN)c1cccc(OC2CC2)c1. The largest absolute Gasteiger partial charge is 0.490 e. The highest BCUT2D eigenvalue weighted by Crippen LogP contribution is 2.31. The first-order chi connectivity index (χ1) is 9.81. The van der Waals surface area contributed by atoms with Gasteiger partial charge in [-0.05, 0) is 48.5 Å². The maximum absolute atomic E-state index is 5.84. The third-order valence-electron chi connectivity index (χ3n) is 3.37. The average molecular weight is 290 g/mol. The van der Waals surface area contributed by atoms with Gasteiger partial charge in [0, 0.05) is 0 Å². The van der Waals surface area contributed by atoms with E-state index >= 15 is 0 Å². The summed E-state index contributed by atoms with van der Waals surface area (Å²) >= 11 is 1.39. The first-order valence-electron chi connectivity index (χ1n) is 6.85. The van der Waals surface area contributed by atoms with Gasteiger partial charge in [0.2, 0.25) is 0 Å². The second kappa shape index (κ2) is 5.87. The molecule has 1 aliphatic rings. The molecule has 3 N–H and O–H groups in total.